The first-order valence-corrected chi connectivity index (χ1v) is 6.52. The Kier molecular flexibility index (Phi) is 4.36. The van der Waals surface area contributed by atoms with E-state index in [1.165, 1.54) is 18.2 Å². The number of non-ortho nitro benzene ring substituents is 1. The highest BCUT2D eigenvalue weighted by atomic mass is 35.5. The number of nitro benzene ring substituents is 1. The first-order valence-electron chi connectivity index (χ1n) is 6.14. The third-order valence-electron chi connectivity index (χ3n) is 2.97. The largest absolute Gasteiger partial charge is 0.270 e. The van der Waals surface area contributed by atoms with Crippen molar-refractivity contribution in [1.82, 2.24) is 0 Å². The molecule has 0 aliphatic heterocycles. The van der Waals surface area contributed by atoms with Gasteiger partial charge in [0.15, 0.2) is 0 Å². The Morgan fingerprint density at radius 1 is 1.29 bits per heavy atom. The minimum absolute atomic E-state index is 0.0631. The molecule has 4 nitrogen and oxygen atoms in total. The lowest BCUT2D eigenvalue weighted by molar-refractivity contribution is -0.384. The van der Waals surface area contributed by atoms with Crippen LogP contribution in [-0.2, 0) is 0 Å². The number of nitrogens with zero attached hydrogens (tertiary/aromatic N) is 2. The number of benzene rings is 2. The molecule has 0 aliphatic rings. The molecule has 0 atom stereocenters. The fraction of sp³-hybridized carbons (Fsp3) is 0.0625. The van der Waals surface area contributed by atoms with Crippen LogP contribution in [0.3, 0.4) is 0 Å². The number of nitriles is 1. The number of hydrogen-bond acceptors (Lipinski definition) is 3. The highest BCUT2D eigenvalue weighted by Crippen LogP contribution is 2.26. The van der Waals surface area contributed by atoms with Crippen LogP contribution in [0.25, 0.3) is 11.6 Å². The van der Waals surface area contributed by atoms with Crippen molar-refractivity contribution in [2.45, 2.75) is 6.92 Å². The van der Waals surface area contributed by atoms with Gasteiger partial charge in [-0.15, -0.1) is 0 Å². The maximum Gasteiger partial charge on any atom is 0.270 e. The third-order valence-corrected chi connectivity index (χ3v) is 3.32. The number of allylic oxidation sites excluding steroid dienone is 1. The second kappa shape index (κ2) is 6.21. The molecular weight excluding hydrogens is 288 g/mol. The van der Waals surface area contributed by atoms with Crippen molar-refractivity contribution in [3.63, 3.8) is 0 Å². The molecule has 0 N–H and O–H groups in total. The summed E-state index contributed by atoms with van der Waals surface area (Å²) in [6.07, 6.45) is 1.56. The highest BCUT2D eigenvalue weighted by Gasteiger charge is 2.10. The van der Waals surface area contributed by atoms with E-state index in [1.54, 1.807) is 6.08 Å². The van der Waals surface area contributed by atoms with E-state index in [0.29, 0.717) is 16.2 Å². The molecule has 2 rings (SSSR count). The van der Waals surface area contributed by atoms with Crippen molar-refractivity contribution in [2.75, 3.05) is 0 Å². The number of nitro groups is 1. The van der Waals surface area contributed by atoms with Gasteiger partial charge in [-0.2, -0.15) is 5.26 Å². The van der Waals surface area contributed by atoms with Crippen LogP contribution in [-0.4, -0.2) is 4.92 Å². The van der Waals surface area contributed by atoms with Crippen molar-refractivity contribution in [1.29, 1.82) is 5.26 Å². The van der Waals surface area contributed by atoms with Gasteiger partial charge in [0.25, 0.3) is 5.69 Å². The molecule has 0 unspecified atom stereocenters. The zero-order valence-electron chi connectivity index (χ0n) is 11.2. The quantitative estimate of drug-likeness (QED) is 0.359. The zero-order chi connectivity index (χ0) is 15.4. The molecule has 0 amide bonds. The summed E-state index contributed by atoms with van der Waals surface area (Å²) < 4.78 is 0. The second-order valence-electron chi connectivity index (χ2n) is 4.50. The van der Waals surface area contributed by atoms with Crippen LogP contribution >= 0.6 is 11.6 Å². The number of aryl methyl sites for hydroxylation is 1. The molecule has 0 bridgehead atoms. The Labute approximate surface area is 127 Å². The lowest BCUT2D eigenvalue weighted by Gasteiger charge is -2.02. The molecule has 0 aliphatic carbocycles. The van der Waals surface area contributed by atoms with E-state index in [0.717, 1.165) is 11.1 Å². The van der Waals surface area contributed by atoms with Gasteiger partial charge in [0.05, 0.1) is 16.6 Å². The monoisotopic (exact) mass is 298 g/mol. The fourth-order valence-electron chi connectivity index (χ4n) is 1.82. The van der Waals surface area contributed by atoms with Crippen LogP contribution in [0, 0.1) is 28.4 Å². The van der Waals surface area contributed by atoms with Crippen LogP contribution < -0.4 is 0 Å². The minimum Gasteiger partial charge on any atom is -0.258 e. The van der Waals surface area contributed by atoms with Crippen molar-refractivity contribution < 1.29 is 4.92 Å². The van der Waals surface area contributed by atoms with E-state index in [2.05, 4.69) is 6.07 Å². The summed E-state index contributed by atoms with van der Waals surface area (Å²) in [7, 11) is 0. The van der Waals surface area contributed by atoms with Gasteiger partial charge < -0.3 is 0 Å². The predicted octanol–water partition coefficient (Wildman–Crippen LogP) is 4.62. The van der Waals surface area contributed by atoms with Crippen molar-refractivity contribution in [3.05, 3.63) is 74.3 Å². The average Bonchev–Trinajstić information content (AvgIpc) is 2.47. The van der Waals surface area contributed by atoms with Gasteiger partial charge in [0.1, 0.15) is 0 Å². The van der Waals surface area contributed by atoms with Crippen molar-refractivity contribution >= 4 is 28.9 Å². The molecule has 0 saturated heterocycles. The summed E-state index contributed by atoms with van der Waals surface area (Å²) in [5, 5.41) is 20.4. The first-order chi connectivity index (χ1) is 10.0. The van der Waals surface area contributed by atoms with Crippen LogP contribution in [0.15, 0.2) is 42.5 Å². The van der Waals surface area contributed by atoms with E-state index >= 15 is 0 Å². The van der Waals surface area contributed by atoms with E-state index in [9.17, 15) is 15.4 Å². The highest BCUT2D eigenvalue weighted by molar-refractivity contribution is 6.32. The number of hydrogen-bond donors (Lipinski definition) is 0. The van der Waals surface area contributed by atoms with Crippen LogP contribution in [0.2, 0.25) is 5.02 Å². The SMILES string of the molecule is Cc1ccc(/C(C#N)=C\c2cc([N+](=O)[O-])ccc2Cl)cc1. The van der Waals surface area contributed by atoms with Gasteiger partial charge in [0, 0.05) is 22.7 Å². The molecule has 21 heavy (non-hydrogen) atoms. The molecule has 0 heterocycles. The Balaban J connectivity index is 2.50. The first kappa shape index (κ1) is 14.8. The fourth-order valence-corrected chi connectivity index (χ4v) is 2.00. The topological polar surface area (TPSA) is 66.9 Å². The van der Waals surface area contributed by atoms with Crippen molar-refractivity contribution in [2.24, 2.45) is 0 Å². The van der Waals surface area contributed by atoms with Gasteiger partial charge in [-0.05, 0) is 24.6 Å². The maximum absolute atomic E-state index is 10.8. The second-order valence-corrected chi connectivity index (χ2v) is 4.91. The lowest BCUT2D eigenvalue weighted by Crippen LogP contribution is -1.89. The molecule has 5 heteroatoms. The van der Waals surface area contributed by atoms with E-state index in [-0.39, 0.29) is 5.69 Å². The van der Waals surface area contributed by atoms with Gasteiger partial charge in [-0.1, -0.05) is 41.4 Å². The molecule has 2 aromatic carbocycles. The molecule has 2 aromatic rings. The molecule has 0 fully saturated rings. The summed E-state index contributed by atoms with van der Waals surface area (Å²) in [6, 6.07) is 13.7. The Morgan fingerprint density at radius 3 is 2.52 bits per heavy atom. The maximum atomic E-state index is 10.8. The summed E-state index contributed by atoms with van der Waals surface area (Å²) in [4.78, 5) is 10.3. The smallest absolute Gasteiger partial charge is 0.258 e. The van der Waals surface area contributed by atoms with Gasteiger partial charge in [0.2, 0.25) is 0 Å². The van der Waals surface area contributed by atoms with E-state index in [4.69, 9.17) is 11.6 Å². The van der Waals surface area contributed by atoms with Crippen LogP contribution in [0.1, 0.15) is 16.7 Å². The molecule has 0 spiro atoms. The van der Waals surface area contributed by atoms with Gasteiger partial charge in [-0.3, -0.25) is 10.1 Å². The summed E-state index contributed by atoms with van der Waals surface area (Å²) in [5.74, 6) is 0. The number of rotatable bonds is 3. The minimum atomic E-state index is -0.494. The van der Waals surface area contributed by atoms with Crippen LogP contribution in [0.4, 0.5) is 5.69 Å². The summed E-state index contributed by atoms with van der Waals surface area (Å²) in [5.41, 5.74) is 2.61. The Morgan fingerprint density at radius 2 is 1.95 bits per heavy atom. The molecule has 0 saturated carbocycles. The van der Waals surface area contributed by atoms with Gasteiger partial charge in [-0.25, -0.2) is 0 Å². The van der Waals surface area contributed by atoms with Crippen LogP contribution in [0.5, 0.6) is 0 Å². The molecular formula is C16H11ClN2O2. The zero-order valence-corrected chi connectivity index (χ0v) is 12.0. The Hall–Kier alpha value is -2.64. The average molecular weight is 299 g/mol. The molecule has 0 radical (unpaired) electrons. The van der Waals surface area contributed by atoms with E-state index in [1.807, 2.05) is 31.2 Å². The van der Waals surface area contributed by atoms with Crippen molar-refractivity contribution in [3.8, 4) is 6.07 Å². The molecule has 104 valence electrons. The van der Waals surface area contributed by atoms with Gasteiger partial charge >= 0.3 is 0 Å². The summed E-state index contributed by atoms with van der Waals surface area (Å²) in [6.45, 7) is 1.96. The Bertz CT molecular complexity index is 759. The number of halogens is 1. The molecule has 0 aromatic heterocycles. The summed E-state index contributed by atoms with van der Waals surface area (Å²) >= 11 is 6.04. The lowest BCUT2D eigenvalue weighted by atomic mass is 10.0. The standard InChI is InChI=1S/C16H11ClN2O2/c1-11-2-4-12(5-3-11)14(10-18)8-13-9-15(19(20)21)6-7-16(13)17/h2-9H,1H3/b14-8-. The predicted molar refractivity (Wildman–Crippen MR) is 82.8 cm³/mol. The third kappa shape index (κ3) is 3.47. The normalized spacial score (nSPS) is 11.0. The van der Waals surface area contributed by atoms with E-state index < -0.39 is 4.92 Å².